The quantitative estimate of drug-likeness (QED) is 0.480. The van der Waals surface area contributed by atoms with Crippen LogP contribution < -0.4 is 0 Å². The monoisotopic (exact) mass is 155 g/mol. The number of rotatable bonds is 2. The van der Waals surface area contributed by atoms with E-state index < -0.39 is 0 Å². The molecule has 0 heterocycles. The minimum absolute atomic E-state index is 0.299. The van der Waals surface area contributed by atoms with Crippen molar-refractivity contribution in [1.29, 1.82) is 0 Å². The molecule has 2 nitrogen and oxygen atoms in total. The summed E-state index contributed by atoms with van der Waals surface area (Å²) in [5.74, 6) is 0.299. The first-order valence-corrected chi connectivity index (χ1v) is 3.64. The second-order valence-electron chi connectivity index (χ2n) is 2.30. The molecule has 1 aliphatic rings. The average molecular weight is 155 g/mol. The van der Waals surface area contributed by atoms with Gasteiger partial charge in [-0.05, 0) is 11.3 Å². The van der Waals surface area contributed by atoms with E-state index in [4.69, 9.17) is 0 Å². The van der Waals surface area contributed by atoms with Gasteiger partial charge in [-0.1, -0.05) is 23.4 Å². The van der Waals surface area contributed by atoms with Gasteiger partial charge in [0.2, 0.25) is 0 Å². The summed E-state index contributed by atoms with van der Waals surface area (Å²) in [4.78, 5) is 10.8. The van der Waals surface area contributed by atoms with Crippen LogP contribution in [-0.2, 0) is 0 Å². The highest BCUT2D eigenvalue weighted by Crippen LogP contribution is 2.18. The molecule has 10 heavy (non-hydrogen) atoms. The van der Waals surface area contributed by atoms with Gasteiger partial charge in [0.25, 0.3) is 0 Å². The maximum Gasteiger partial charge on any atom is 0.0876 e. The fourth-order valence-corrected chi connectivity index (χ4v) is 1.08. The Bertz CT molecular complexity index is 186. The maximum absolute atomic E-state index is 9.83. The molecule has 0 spiro atoms. The lowest BCUT2D eigenvalue weighted by Gasteiger charge is -2.08. The Labute approximate surface area is 65.4 Å². The Morgan fingerprint density at radius 1 is 1.80 bits per heavy atom. The smallest absolute Gasteiger partial charge is 0.0876 e. The molecule has 3 heteroatoms. The summed E-state index contributed by atoms with van der Waals surface area (Å²) in [6, 6.07) is 0. The molecule has 0 fully saturated rings. The highest BCUT2D eigenvalue weighted by atomic mass is 32.1. The van der Waals surface area contributed by atoms with Crippen LogP contribution in [-0.4, -0.2) is 6.54 Å². The van der Waals surface area contributed by atoms with E-state index in [9.17, 15) is 4.91 Å². The lowest BCUT2D eigenvalue weighted by molar-refractivity contribution is 0.667. The first-order chi connectivity index (χ1) is 4.83. The highest BCUT2D eigenvalue weighted by molar-refractivity contribution is 7.84. The molecule has 0 amide bonds. The third-order valence-electron chi connectivity index (χ3n) is 1.48. The summed E-state index contributed by atoms with van der Waals surface area (Å²) in [6.07, 6.45) is 6.77. The zero-order valence-electron chi connectivity index (χ0n) is 5.53. The molecule has 0 aromatic heterocycles. The molecular weight excluding hydrogens is 146 g/mol. The summed E-state index contributed by atoms with van der Waals surface area (Å²) in [7, 11) is 0. The summed E-state index contributed by atoms with van der Waals surface area (Å²) in [6.45, 7) is 0.383. The van der Waals surface area contributed by atoms with Crippen molar-refractivity contribution in [2.24, 2.45) is 11.1 Å². The van der Waals surface area contributed by atoms with Crippen molar-refractivity contribution in [3.63, 3.8) is 0 Å². The van der Waals surface area contributed by atoms with E-state index in [-0.39, 0.29) is 0 Å². The van der Waals surface area contributed by atoms with E-state index in [1.54, 1.807) is 0 Å². The zero-order valence-corrected chi connectivity index (χ0v) is 6.42. The molecule has 0 aromatic rings. The van der Waals surface area contributed by atoms with Gasteiger partial charge in [0.05, 0.1) is 6.54 Å². The van der Waals surface area contributed by atoms with Crippen LogP contribution in [0.25, 0.3) is 0 Å². The minimum Gasteiger partial charge on any atom is -0.151 e. The highest BCUT2D eigenvalue weighted by Gasteiger charge is 2.06. The Hall–Kier alpha value is -0.570. The van der Waals surface area contributed by atoms with Gasteiger partial charge in [-0.25, -0.2) is 0 Å². The number of hydrogen-bond donors (Lipinski definition) is 1. The summed E-state index contributed by atoms with van der Waals surface area (Å²) in [5.41, 5.74) is 0. The number of nitroso groups, excluding NO2 is 1. The number of nitrogens with zero attached hydrogens (tertiary/aromatic N) is 1. The topological polar surface area (TPSA) is 29.4 Å². The van der Waals surface area contributed by atoms with E-state index in [2.05, 4.69) is 17.8 Å². The van der Waals surface area contributed by atoms with E-state index in [1.165, 1.54) is 0 Å². The van der Waals surface area contributed by atoms with Crippen LogP contribution in [0.2, 0.25) is 0 Å². The maximum atomic E-state index is 9.83. The molecule has 1 atom stereocenters. The van der Waals surface area contributed by atoms with Crippen LogP contribution in [0.5, 0.6) is 0 Å². The molecule has 0 saturated carbocycles. The van der Waals surface area contributed by atoms with Crippen molar-refractivity contribution in [1.82, 2.24) is 0 Å². The van der Waals surface area contributed by atoms with Crippen molar-refractivity contribution in [3.05, 3.63) is 28.0 Å². The van der Waals surface area contributed by atoms with Gasteiger partial charge in [-0.2, -0.15) is 4.91 Å². The van der Waals surface area contributed by atoms with Gasteiger partial charge < -0.3 is 0 Å². The van der Waals surface area contributed by atoms with Crippen molar-refractivity contribution in [2.75, 3.05) is 6.54 Å². The van der Waals surface area contributed by atoms with Crippen LogP contribution in [0, 0.1) is 10.8 Å². The van der Waals surface area contributed by atoms with Crippen LogP contribution in [0.3, 0.4) is 0 Å². The first kappa shape index (κ1) is 7.54. The lowest BCUT2D eigenvalue weighted by atomic mass is 10.0. The number of thiol groups is 1. The van der Waals surface area contributed by atoms with E-state index >= 15 is 0 Å². The largest absolute Gasteiger partial charge is 0.151 e. The van der Waals surface area contributed by atoms with Crippen LogP contribution in [0.4, 0.5) is 0 Å². The van der Waals surface area contributed by atoms with Gasteiger partial charge in [-0.15, -0.1) is 12.6 Å². The zero-order chi connectivity index (χ0) is 7.40. The van der Waals surface area contributed by atoms with Crippen molar-refractivity contribution < 1.29 is 0 Å². The predicted molar refractivity (Wildman–Crippen MR) is 45.0 cm³/mol. The van der Waals surface area contributed by atoms with Crippen LogP contribution >= 0.6 is 12.6 Å². The Balaban J connectivity index is 2.44. The predicted octanol–water partition coefficient (Wildman–Crippen LogP) is 2.14. The summed E-state index contributed by atoms with van der Waals surface area (Å²) >= 11 is 4.14. The van der Waals surface area contributed by atoms with Gasteiger partial charge in [0, 0.05) is 5.92 Å². The van der Waals surface area contributed by atoms with Crippen molar-refractivity contribution in [2.45, 2.75) is 6.42 Å². The molecule has 1 aliphatic carbocycles. The molecule has 0 N–H and O–H groups in total. The van der Waals surface area contributed by atoms with E-state index in [1.807, 2.05) is 18.2 Å². The van der Waals surface area contributed by atoms with E-state index in [0.717, 1.165) is 11.3 Å². The fraction of sp³-hybridized carbons (Fsp3) is 0.429. The number of allylic oxidation sites excluding steroid dienone is 2. The van der Waals surface area contributed by atoms with Gasteiger partial charge in [-0.3, -0.25) is 0 Å². The second-order valence-corrected chi connectivity index (χ2v) is 2.81. The molecule has 0 radical (unpaired) electrons. The minimum atomic E-state index is 0.299. The van der Waals surface area contributed by atoms with Crippen molar-refractivity contribution in [3.8, 4) is 0 Å². The molecule has 0 saturated heterocycles. The SMILES string of the molecule is O=NCC1C=CC(S)=CC1. The first-order valence-electron chi connectivity index (χ1n) is 3.19. The van der Waals surface area contributed by atoms with Gasteiger partial charge in [0.1, 0.15) is 0 Å². The van der Waals surface area contributed by atoms with Crippen molar-refractivity contribution >= 4 is 12.6 Å². The average Bonchev–Trinajstić information content (AvgIpc) is 1.95. The summed E-state index contributed by atoms with van der Waals surface area (Å²) in [5, 5.41) is 2.83. The molecule has 1 rings (SSSR count). The van der Waals surface area contributed by atoms with Crippen LogP contribution in [0.1, 0.15) is 6.42 Å². The Morgan fingerprint density at radius 2 is 2.60 bits per heavy atom. The third-order valence-corrected chi connectivity index (χ3v) is 1.81. The molecular formula is C7H9NOS. The standard InChI is InChI=1S/C7H9NOS/c9-8-5-6-1-3-7(10)4-2-6/h1,3-4,6,10H,2,5H2. The third kappa shape index (κ3) is 1.99. The normalized spacial score (nSPS) is 24.1. The molecule has 0 bridgehead atoms. The fourth-order valence-electron chi connectivity index (χ4n) is 0.885. The molecule has 1 unspecified atom stereocenters. The molecule has 0 aromatic carbocycles. The summed E-state index contributed by atoms with van der Waals surface area (Å²) < 4.78 is 0. The lowest BCUT2D eigenvalue weighted by Crippen LogP contribution is -2.01. The van der Waals surface area contributed by atoms with Gasteiger partial charge in [0.15, 0.2) is 0 Å². The van der Waals surface area contributed by atoms with E-state index in [0.29, 0.717) is 12.5 Å². The second kappa shape index (κ2) is 3.56. The molecule has 54 valence electrons. The molecule has 0 aliphatic heterocycles. The van der Waals surface area contributed by atoms with Crippen LogP contribution in [0.15, 0.2) is 28.3 Å². The van der Waals surface area contributed by atoms with Gasteiger partial charge >= 0.3 is 0 Å². The number of hydrogen-bond acceptors (Lipinski definition) is 3. The Kier molecular flexibility index (Phi) is 2.68. The Morgan fingerprint density at radius 3 is 3.10 bits per heavy atom.